The predicted octanol–water partition coefficient (Wildman–Crippen LogP) is 5.40. The van der Waals surface area contributed by atoms with Crippen molar-refractivity contribution in [2.75, 3.05) is 13.2 Å². The van der Waals surface area contributed by atoms with E-state index in [1.54, 1.807) is 24.3 Å². The molecule has 3 rings (SSSR count). The van der Waals surface area contributed by atoms with E-state index in [0.29, 0.717) is 32.0 Å². The summed E-state index contributed by atoms with van der Waals surface area (Å²) in [6.45, 7) is 3.27. The Hall–Kier alpha value is -2.54. The maximum atomic E-state index is 12.7. The SMILES string of the molecule is Cc1ccc(OCCCOCc2ccccc2)c(OS(=O)(=O)c2ccccc2Cl)c1. The molecule has 158 valence electrons. The third-order valence-electron chi connectivity index (χ3n) is 4.21. The molecule has 0 N–H and O–H groups in total. The van der Waals surface area contributed by atoms with Crippen molar-refractivity contribution in [3.63, 3.8) is 0 Å². The van der Waals surface area contributed by atoms with Crippen molar-refractivity contribution in [2.45, 2.75) is 24.8 Å². The number of hydrogen-bond donors (Lipinski definition) is 0. The third kappa shape index (κ3) is 6.23. The van der Waals surface area contributed by atoms with Crippen molar-refractivity contribution in [3.05, 3.63) is 88.9 Å². The minimum Gasteiger partial charge on any atom is -0.490 e. The fourth-order valence-electron chi connectivity index (χ4n) is 2.72. The van der Waals surface area contributed by atoms with Crippen molar-refractivity contribution in [1.82, 2.24) is 0 Å². The summed E-state index contributed by atoms with van der Waals surface area (Å²) in [7, 11) is -4.09. The van der Waals surface area contributed by atoms with Gasteiger partial charge in [-0.15, -0.1) is 0 Å². The zero-order valence-corrected chi connectivity index (χ0v) is 18.2. The third-order valence-corrected chi connectivity index (χ3v) is 5.94. The van der Waals surface area contributed by atoms with Crippen LogP contribution in [0.4, 0.5) is 0 Å². The molecule has 7 heteroatoms. The number of benzene rings is 3. The minimum absolute atomic E-state index is 0.0894. The second kappa shape index (κ2) is 10.5. The Morgan fingerprint density at radius 3 is 2.37 bits per heavy atom. The molecule has 0 aliphatic rings. The van der Waals surface area contributed by atoms with Crippen LogP contribution in [0.3, 0.4) is 0 Å². The van der Waals surface area contributed by atoms with Crippen molar-refractivity contribution in [3.8, 4) is 11.5 Å². The van der Waals surface area contributed by atoms with E-state index < -0.39 is 10.1 Å². The Bertz CT molecular complexity index is 1070. The van der Waals surface area contributed by atoms with Gasteiger partial charge in [-0.1, -0.05) is 60.1 Å². The van der Waals surface area contributed by atoms with E-state index >= 15 is 0 Å². The highest BCUT2D eigenvalue weighted by atomic mass is 35.5. The number of ether oxygens (including phenoxy) is 2. The summed E-state index contributed by atoms with van der Waals surface area (Å²) in [4.78, 5) is -0.0894. The first-order chi connectivity index (χ1) is 14.5. The van der Waals surface area contributed by atoms with Gasteiger partial charge in [-0.05, 0) is 42.3 Å². The topological polar surface area (TPSA) is 61.8 Å². The van der Waals surface area contributed by atoms with Crippen LogP contribution in [0.1, 0.15) is 17.5 Å². The molecule has 5 nitrogen and oxygen atoms in total. The zero-order chi connectivity index (χ0) is 21.4. The molecule has 3 aromatic rings. The molecule has 0 fully saturated rings. The first-order valence-corrected chi connectivity index (χ1v) is 11.3. The summed E-state index contributed by atoms with van der Waals surface area (Å²) in [6.07, 6.45) is 0.650. The molecule has 0 aliphatic heterocycles. The van der Waals surface area contributed by atoms with Gasteiger partial charge in [0.15, 0.2) is 11.5 Å². The summed E-state index contributed by atoms with van der Waals surface area (Å²) in [6, 6.07) is 21.2. The van der Waals surface area contributed by atoms with Gasteiger partial charge in [-0.2, -0.15) is 8.42 Å². The van der Waals surface area contributed by atoms with E-state index in [1.165, 1.54) is 12.1 Å². The lowest BCUT2D eigenvalue weighted by Crippen LogP contribution is -2.12. The van der Waals surface area contributed by atoms with Crippen LogP contribution in [0.25, 0.3) is 0 Å². The largest absolute Gasteiger partial charge is 0.490 e. The summed E-state index contributed by atoms with van der Waals surface area (Å²) < 4.78 is 42.0. The second-order valence-corrected chi connectivity index (χ2v) is 8.58. The molecule has 0 bridgehead atoms. The quantitative estimate of drug-likeness (QED) is 0.308. The maximum absolute atomic E-state index is 12.7. The average Bonchev–Trinajstić information content (AvgIpc) is 2.72. The first-order valence-electron chi connectivity index (χ1n) is 9.50. The molecule has 0 unspecified atom stereocenters. The number of halogens is 1. The van der Waals surface area contributed by atoms with Crippen molar-refractivity contribution in [2.24, 2.45) is 0 Å². The van der Waals surface area contributed by atoms with Crippen LogP contribution in [-0.2, 0) is 21.5 Å². The van der Waals surface area contributed by atoms with Gasteiger partial charge in [0.2, 0.25) is 0 Å². The molecule has 30 heavy (non-hydrogen) atoms. The van der Waals surface area contributed by atoms with Gasteiger partial charge in [0.25, 0.3) is 0 Å². The number of rotatable bonds is 10. The van der Waals surface area contributed by atoms with Gasteiger partial charge in [-0.25, -0.2) is 0 Å². The lowest BCUT2D eigenvalue weighted by Gasteiger charge is -2.14. The Morgan fingerprint density at radius 1 is 0.867 bits per heavy atom. The van der Waals surface area contributed by atoms with E-state index in [-0.39, 0.29) is 15.7 Å². The number of hydrogen-bond acceptors (Lipinski definition) is 5. The van der Waals surface area contributed by atoms with Crippen LogP contribution in [0, 0.1) is 6.92 Å². The van der Waals surface area contributed by atoms with E-state index in [9.17, 15) is 8.42 Å². The lowest BCUT2D eigenvalue weighted by atomic mass is 10.2. The van der Waals surface area contributed by atoms with Crippen LogP contribution in [0.15, 0.2) is 77.7 Å². The highest BCUT2D eigenvalue weighted by Gasteiger charge is 2.22. The molecule has 0 aromatic heterocycles. The normalized spacial score (nSPS) is 11.3. The zero-order valence-electron chi connectivity index (χ0n) is 16.6. The van der Waals surface area contributed by atoms with E-state index in [2.05, 4.69) is 0 Å². The Morgan fingerprint density at radius 2 is 1.60 bits per heavy atom. The van der Waals surface area contributed by atoms with Crippen molar-refractivity contribution >= 4 is 21.7 Å². The molecule has 0 saturated carbocycles. The summed E-state index contributed by atoms with van der Waals surface area (Å²) >= 11 is 6.02. The van der Waals surface area contributed by atoms with Gasteiger partial charge >= 0.3 is 10.1 Å². The molecule has 0 saturated heterocycles. The second-order valence-electron chi connectivity index (χ2n) is 6.66. The van der Waals surface area contributed by atoms with Crippen molar-refractivity contribution < 1.29 is 22.1 Å². The van der Waals surface area contributed by atoms with Gasteiger partial charge < -0.3 is 13.7 Å². The number of aryl methyl sites for hydroxylation is 1. The highest BCUT2D eigenvalue weighted by molar-refractivity contribution is 7.87. The van der Waals surface area contributed by atoms with Gasteiger partial charge in [0.1, 0.15) is 4.90 Å². The average molecular weight is 447 g/mol. The summed E-state index contributed by atoms with van der Waals surface area (Å²) in [5.41, 5.74) is 1.95. The van der Waals surface area contributed by atoms with Crippen LogP contribution in [-0.4, -0.2) is 21.6 Å². The van der Waals surface area contributed by atoms with Crippen LogP contribution in [0.5, 0.6) is 11.5 Å². The smallest absolute Gasteiger partial charge is 0.340 e. The first kappa shape index (κ1) is 22.2. The summed E-state index contributed by atoms with van der Waals surface area (Å²) in [5, 5.41) is 0.100. The van der Waals surface area contributed by atoms with E-state index in [1.807, 2.05) is 43.3 Å². The Labute approximate surface area is 182 Å². The lowest BCUT2D eigenvalue weighted by molar-refractivity contribution is 0.107. The Balaban J connectivity index is 1.58. The monoisotopic (exact) mass is 446 g/mol. The summed E-state index contributed by atoms with van der Waals surface area (Å²) in [5.74, 6) is 0.472. The van der Waals surface area contributed by atoms with Crippen LogP contribution < -0.4 is 8.92 Å². The van der Waals surface area contributed by atoms with E-state index in [0.717, 1.165) is 11.1 Å². The molecule has 0 aliphatic carbocycles. The maximum Gasteiger partial charge on any atom is 0.340 e. The molecule has 0 amide bonds. The molecule has 0 spiro atoms. The minimum atomic E-state index is -4.09. The molecule has 0 atom stereocenters. The van der Waals surface area contributed by atoms with Gasteiger partial charge in [0, 0.05) is 6.42 Å². The fraction of sp³-hybridized carbons (Fsp3) is 0.217. The van der Waals surface area contributed by atoms with E-state index in [4.69, 9.17) is 25.3 Å². The molecular formula is C23H23ClO5S. The van der Waals surface area contributed by atoms with Gasteiger partial charge in [-0.3, -0.25) is 0 Å². The molecule has 3 aromatic carbocycles. The molecular weight excluding hydrogens is 424 g/mol. The molecule has 0 radical (unpaired) electrons. The van der Waals surface area contributed by atoms with Crippen LogP contribution >= 0.6 is 11.6 Å². The predicted molar refractivity (Wildman–Crippen MR) is 117 cm³/mol. The fourth-order valence-corrected chi connectivity index (χ4v) is 4.15. The van der Waals surface area contributed by atoms with Gasteiger partial charge in [0.05, 0.1) is 24.8 Å². The standard InChI is InChI=1S/C23H23ClO5S/c1-18-12-13-21(28-15-7-14-27-17-19-8-3-2-4-9-19)22(16-18)29-30(25,26)23-11-6-5-10-20(23)24/h2-6,8-13,16H,7,14-15,17H2,1H3. The molecule has 0 heterocycles. The Kier molecular flexibility index (Phi) is 7.74. The van der Waals surface area contributed by atoms with Crippen LogP contribution in [0.2, 0.25) is 5.02 Å². The highest BCUT2D eigenvalue weighted by Crippen LogP contribution is 2.32. The van der Waals surface area contributed by atoms with Crippen molar-refractivity contribution in [1.29, 1.82) is 0 Å².